The number of hydrogen-bond donors (Lipinski definition) is 2. The van der Waals surface area contributed by atoms with Crippen molar-refractivity contribution in [3.05, 3.63) is 65.8 Å². The Morgan fingerprint density at radius 1 is 1.11 bits per heavy atom. The first kappa shape index (κ1) is 17.0. The molecule has 0 spiro atoms. The van der Waals surface area contributed by atoms with Gasteiger partial charge in [-0.15, -0.1) is 11.3 Å². The maximum atomic E-state index is 11.5. The smallest absolute Gasteiger partial charge is 0.337 e. The zero-order valence-electron chi connectivity index (χ0n) is 14.3. The third-order valence-corrected chi connectivity index (χ3v) is 5.07. The van der Waals surface area contributed by atoms with Gasteiger partial charge in [-0.05, 0) is 29.8 Å². The summed E-state index contributed by atoms with van der Waals surface area (Å²) in [5.41, 5.74) is 2.65. The topological polar surface area (TPSA) is 84.3 Å². The average Bonchev–Trinajstić information content (AvgIpc) is 3.13. The minimum absolute atomic E-state index is 0.186. The fourth-order valence-electron chi connectivity index (χ4n) is 2.86. The highest BCUT2D eigenvalue weighted by Gasteiger charge is 2.16. The number of fused-ring (bicyclic) bond motifs is 1. The van der Waals surface area contributed by atoms with E-state index in [1.807, 2.05) is 29.6 Å². The molecule has 6 nitrogen and oxygen atoms in total. The largest absolute Gasteiger partial charge is 0.497 e. The van der Waals surface area contributed by atoms with Crippen molar-refractivity contribution >= 4 is 39.0 Å². The number of nitrogens with one attached hydrogen (secondary N) is 1. The van der Waals surface area contributed by atoms with Gasteiger partial charge in [-0.1, -0.05) is 24.3 Å². The second kappa shape index (κ2) is 7.05. The van der Waals surface area contributed by atoms with Crippen LogP contribution in [0.5, 0.6) is 5.75 Å². The third-order valence-electron chi connectivity index (χ3n) is 4.18. The van der Waals surface area contributed by atoms with Crippen LogP contribution in [0.15, 0.2) is 60.2 Å². The van der Waals surface area contributed by atoms with Crippen LogP contribution in [0.1, 0.15) is 10.4 Å². The summed E-state index contributed by atoms with van der Waals surface area (Å²) in [4.78, 5) is 21.0. The quantitative estimate of drug-likeness (QED) is 0.519. The number of benzene rings is 2. The fraction of sp³-hybridized carbons (Fsp3) is 0.0500. The Morgan fingerprint density at radius 2 is 1.89 bits per heavy atom. The molecule has 0 saturated heterocycles. The summed E-state index contributed by atoms with van der Waals surface area (Å²) in [5, 5.41) is 15.5. The number of thiophene rings is 1. The maximum Gasteiger partial charge on any atom is 0.337 e. The van der Waals surface area contributed by atoms with E-state index in [0.717, 1.165) is 27.1 Å². The first-order valence-electron chi connectivity index (χ1n) is 8.13. The number of anilines is 2. The van der Waals surface area contributed by atoms with Crippen molar-refractivity contribution in [2.45, 2.75) is 0 Å². The van der Waals surface area contributed by atoms with Gasteiger partial charge in [0.05, 0.1) is 23.7 Å². The maximum absolute atomic E-state index is 11.5. The summed E-state index contributed by atoms with van der Waals surface area (Å²) >= 11 is 1.52. The number of methoxy groups -OCH3 is 1. The lowest BCUT2D eigenvalue weighted by molar-refractivity contribution is 0.0698. The molecular weight excluding hydrogens is 362 g/mol. The standard InChI is InChI=1S/C20H15N3O3S/c1-26-13-8-6-12(7-9-13)15-10-27-19-17(15)18(21-11-22-19)23-16-5-3-2-4-14(16)20(24)25/h2-11H,1H3,(H,24,25)(H,21,22,23). The van der Waals surface area contributed by atoms with Gasteiger partial charge in [0.25, 0.3) is 0 Å². The van der Waals surface area contributed by atoms with Crippen molar-refractivity contribution in [2.75, 3.05) is 12.4 Å². The molecule has 27 heavy (non-hydrogen) atoms. The SMILES string of the molecule is COc1ccc(-c2csc3ncnc(Nc4ccccc4C(=O)O)c23)cc1. The molecule has 0 aliphatic heterocycles. The van der Waals surface area contributed by atoms with E-state index >= 15 is 0 Å². The first-order valence-corrected chi connectivity index (χ1v) is 9.01. The van der Waals surface area contributed by atoms with Crippen LogP contribution < -0.4 is 10.1 Å². The third kappa shape index (κ3) is 3.20. The highest BCUT2D eigenvalue weighted by atomic mass is 32.1. The molecule has 4 aromatic rings. The van der Waals surface area contributed by atoms with Crippen LogP contribution in [0.25, 0.3) is 21.3 Å². The number of para-hydroxylation sites is 1. The number of rotatable bonds is 5. The Morgan fingerprint density at radius 3 is 2.63 bits per heavy atom. The molecule has 7 heteroatoms. The van der Waals surface area contributed by atoms with E-state index in [2.05, 4.69) is 15.3 Å². The van der Waals surface area contributed by atoms with Crippen molar-refractivity contribution in [1.29, 1.82) is 0 Å². The second-order valence-corrected chi connectivity index (χ2v) is 6.61. The van der Waals surface area contributed by atoms with Crippen molar-refractivity contribution < 1.29 is 14.6 Å². The Hall–Kier alpha value is -3.45. The molecule has 0 bridgehead atoms. The van der Waals surface area contributed by atoms with Crippen molar-refractivity contribution in [3.63, 3.8) is 0 Å². The number of carbonyl (C=O) groups is 1. The Kier molecular flexibility index (Phi) is 4.43. The van der Waals surface area contributed by atoms with Gasteiger partial charge in [-0.25, -0.2) is 14.8 Å². The Bertz CT molecular complexity index is 1120. The van der Waals surface area contributed by atoms with Crippen LogP contribution in [-0.4, -0.2) is 28.2 Å². The number of carboxylic acids is 1. The van der Waals surface area contributed by atoms with E-state index in [9.17, 15) is 9.90 Å². The Balaban J connectivity index is 1.82. The number of aromatic carboxylic acids is 1. The predicted molar refractivity (Wildman–Crippen MR) is 106 cm³/mol. The lowest BCUT2D eigenvalue weighted by Crippen LogP contribution is -2.03. The number of carboxylic acid groups (broad SMARTS) is 1. The summed E-state index contributed by atoms with van der Waals surface area (Å²) in [7, 11) is 1.63. The van der Waals surface area contributed by atoms with Gasteiger partial charge in [0.15, 0.2) is 0 Å². The van der Waals surface area contributed by atoms with Crippen LogP contribution in [0.3, 0.4) is 0 Å². The lowest BCUT2D eigenvalue weighted by atomic mass is 10.1. The van der Waals surface area contributed by atoms with Crippen LogP contribution in [0.2, 0.25) is 0 Å². The molecule has 0 atom stereocenters. The highest BCUT2D eigenvalue weighted by molar-refractivity contribution is 7.17. The molecule has 2 aromatic carbocycles. The summed E-state index contributed by atoms with van der Waals surface area (Å²) in [6, 6.07) is 14.5. The van der Waals surface area contributed by atoms with E-state index < -0.39 is 5.97 Å². The summed E-state index contributed by atoms with van der Waals surface area (Å²) in [6.07, 6.45) is 1.47. The van der Waals surface area contributed by atoms with E-state index in [-0.39, 0.29) is 5.56 Å². The number of nitrogens with zero attached hydrogens (tertiary/aromatic N) is 2. The molecule has 2 N–H and O–H groups in total. The molecule has 2 heterocycles. The van der Waals surface area contributed by atoms with Gasteiger partial charge in [0.2, 0.25) is 0 Å². The lowest BCUT2D eigenvalue weighted by Gasteiger charge is -2.11. The van der Waals surface area contributed by atoms with Crippen molar-refractivity contribution in [2.24, 2.45) is 0 Å². The van der Waals surface area contributed by atoms with Crippen LogP contribution in [-0.2, 0) is 0 Å². The van der Waals surface area contributed by atoms with E-state index in [4.69, 9.17) is 4.74 Å². The molecule has 0 saturated carbocycles. The molecule has 4 rings (SSSR count). The zero-order chi connectivity index (χ0) is 18.8. The van der Waals surface area contributed by atoms with E-state index in [1.165, 1.54) is 17.7 Å². The van der Waals surface area contributed by atoms with Crippen molar-refractivity contribution in [3.8, 4) is 16.9 Å². The number of ether oxygens (including phenoxy) is 1. The fourth-order valence-corrected chi connectivity index (χ4v) is 3.78. The molecule has 0 aliphatic rings. The minimum atomic E-state index is -0.996. The van der Waals surface area contributed by atoms with E-state index in [0.29, 0.717) is 11.5 Å². The molecule has 2 aromatic heterocycles. The van der Waals surface area contributed by atoms with Crippen LogP contribution in [0.4, 0.5) is 11.5 Å². The average molecular weight is 377 g/mol. The summed E-state index contributed by atoms with van der Waals surface area (Å²) < 4.78 is 5.22. The van der Waals surface area contributed by atoms with Gasteiger partial charge < -0.3 is 15.2 Å². The van der Waals surface area contributed by atoms with E-state index in [1.54, 1.807) is 31.4 Å². The van der Waals surface area contributed by atoms with Gasteiger partial charge in [-0.2, -0.15) is 0 Å². The molecule has 0 radical (unpaired) electrons. The van der Waals surface area contributed by atoms with Crippen LogP contribution >= 0.6 is 11.3 Å². The number of aromatic nitrogens is 2. The van der Waals surface area contributed by atoms with Crippen molar-refractivity contribution in [1.82, 2.24) is 9.97 Å². The normalized spacial score (nSPS) is 10.7. The highest BCUT2D eigenvalue weighted by Crippen LogP contribution is 2.38. The van der Waals surface area contributed by atoms with Crippen LogP contribution in [0, 0.1) is 0 Å². The molecule has 0 fully saturated rings. The number of hydrogen-bond acceptors (Lipinski definition) is 6. The second-order valence-electron chi connectivity index (χ2n) is 5.76. The zero-order valence-corrected chi connectivity index (χ0v) is 15.2. The van der Waals surface area contributed by atoms with Gasteiger partial charge in [-0.3, -0.25) is 0 Å². The summed E-state index contributed by atoms with van der Waals surface area (Å²) in [5.74, 6) is 0.355. The first-order chi connectivity index (χ1) is 13.2. The van der Waals surface area contributed by atoms with Gasteiger partial charge >= 0.3 is 5.97 Å². The predicted octanol–water partition coefficient (Wildman–Crippen LogP) is 4.81. The Labute approximate surface area is 159 Å². The van der Waals surface area contributed by atoms with Gasteiger partial charge in [0, 0.05) is 10.9 Å². The van der Waals surface area contributed by atoms with Gasteiger partial charge in [0.1, 0.15) is 22.7 Å². The molecule has 0 unspecified atom stereocenters. The summed E-state index contributed by atoms with van der Waals surface area (Å²) in [6.45, 7) is 0. The molecule has 0 aliphatic carbocycles. The molecular formula is C20H15N3O3S. The molecule has 134 valence electrons. The monoisotopic (exact) mass is 377 g/mol. The molecule has 0 amide bonds. The minimum Gasteiger partial charge on any atom is -0.497 e.